The molecule has 29 heavy (non-hydrogen) atoms. The molecule has 0 saturated heterocycles. The number of rotatable bonds is 6. The quantitative estimate of drug-likeness (QED) is 0.509. The maximum absolute atomic E-state index is 12.3. The number of nitrogens with zero attached hydrogens (tertiary/aromatic N) is 2. The fraction of sp³-hybridized carbons (Fsp3) is 0.227. The van der Waals surface area contributed by atoms with E-state index in [0.717, 1.165) is 11.4 Å². The Bertz CT molecular complexity index is 1090. The summed E-state index contributed by atoms with van der Waals surface area (Å²) >= 11 is 0. The van der Waals surface area contributed by atoms with Gasteiger partial charge in [-0.05, 0) is 56.3 Å². The largest absolute Gasteiger partial charge is 0.454 e. The monoisotopic (exact) mass is 391 g/mol. The summed E-state index contributed by atoms with van der Waals surface area (Å²) in [6, 6.07) is 11.3. The van der Waals surface area contributed by atoms with E-state index in [2.05, 4.69) is 15.3 Å². The first kappa shape index (κ1) is 20.1. The Morgan fingerprint density at radius 3 is 2.17 bits per heavy atom. The van der Waals surface area contributed by atoms with Crippen LogP contribution in [-0.2, 0) is 9.53 Å². The molecule has 148 valence electrons. The van der Waals surface area contributed by atoms with Crippen molar-refractivity contribution in [1.29, 1.82) is 0 Å². The summed E-state index contributed by atoms with van der Waals surface area (Å²) < 4.78 is 5.15. The van der Waals surface area contributed by atoms with Crippen molar-refractivity contribution in [2.75, 3.05) is 11.9 Å². The Balaban J connectivity index is 1.64. The molecule has 3 rings (SSSR count). The van der Waals surface area contributed by atoms with Gasteiger partial charge >= 0.3 is 5.97 Å². The molecule has 0 saturated carbocycles. The average Bonchev–Trinajstić information content (AvgIpc) is 2.72. The van der Waals surface area contributed by atoms with Gasteiger partial charge < -0.3 is 10.1 Å². The van der Waals surface area contributed by atoms with Gasteiger partial charge in [-0.3, -0.25) is 9.59 Å². The number of esters is 1. The van der Waals surface area contributed by atoms with Crippen LogP contribution in [-0.4, -0.2) is 34.2 Å². The molecule has 0 spiro atoms. The zero-order valence-corrected chi connectivity index (χ0v) is 16.5. The number of benzene rings is 2. The van der Waals surface area contributed by atoms with E-state index < -0.39 is 5.97 Å². The predicted molar refractivity (Wildman–Crippen MR) is 109 cm³/mol. The zero-order valence-electron chi connectivity index (χ0n) is 16.5. The molecule has 1 N–H and O–H groups in total. The number of nitrogens with one attached hydrogen (secondary N) is 1. The van der Waals surface area contributed by atoms with Crippen molar-refractivity contribution >= 4 is 34.4 Å². The molecule has 0 aliphatic heterocycles. The van der Waals surface area contributed by atoms with Gasteiger partial charge in [-0.1, -0.05) is 6.92 Å². The molecule has 0 unspecified atom stereocenters. The maximum Gasteiger partial charge on any atom is 0.338 e. The third-order valence-electron chi connectivity index (χ3n) is 4.46. The summed E-state index contributed by atoms with van der Waals surface area (Å²) in [5, 5.41) is 2.70. The Labute approximate surface area is 168 Å². The lowest BCUT2D eigenvalue weighted by molar-refractivity contribution is -0.115. The number of carbonyl (C=O) groups excluding carboxylic acids is 3. The lowest BCUT2D eigenvalue weighted by Crippen LogP contribution is -2.14. The molecule has 0 bridgehead atoms. The highest BCUT2D eigenvalue weighted by Crippen LogP contribution is 2.16. The molecular weight excluding hydrogens is 370 g/mol. The predicted octanol–water partition coefficient (Wildman–Crippen LogP) is 3.63. The Kier molecular flexibility index (Phi) is 5.97. The second kappa shape index (κ2) is 8.60. The van der Waals surface area contributed by atoms with Gasteiger partial charge in [0.15, 0.2) is 12.4 Å². The number of aryl methyl sites for hydroxylation is 2. The fourth-order valence-electron chi connectivity index (χ4n) is 2.64. The van der Waals surface area contributed by atoms with Crippen molar-refractivity contribution in [1.82, 2.24) is 9.97 Å². The summed E-state index contributed by atoms with van der Waals surface area (Å²) in [6.07, 6.45) is 0.371. The summed E-state index contributed by atoms with van der Waals surface area (Å²) in [7, 11) is 0. The van der Waals surface area contributed by atoms with Crippen LogP contribution in [0.5, 0.6) is 0 Å². The summed E-state index contributed by atoms with van der Waals surface area (Å²) in [5.41, 5.74) is 4.21. The molecule has 1 heterocycles. The summed E-state index contributed by atoms with van der Waals surface area (Å²) in [6.45, 7) is 5.10. The number of amides is 1. The molecule has 0 aliphatic carbocycles. The minimum Gasteiger partial charge on any atom is -0.454 e. The SMILES string of the molecule is CCC(=O)Nc1ccc(C(=O)COC(=O)c2ccc3nc(C)c(C)nc3c2)cc1. The van der Waals surface area contributed by atoms with E-state index in [1.807, 2.05) is 13.8 Å². The van der Waals surface area contributed by atoms with E-state index in [1.165, 1.54) is 0 Å². The molecule has 3 aromatic rings. The molecular formula is C22H21N3O4. The molecule has 7 nitrogen and oxygen atoms in total. The number of ketones is 1. The number of ether oxygens (including phenoxy) is 1. The van der Waals surface area contributed by atoms with Gasteiger partial charge in [0.2, 0.25) is 5.91 Å². The second-order valence-corrected chi connectivity index (χ2v) is 6.58. The first-order valence-electron chi connectivity index (χ1n) is 9.22. The van der Waals surface area contributed by atoms with Crippen molar-refractivity contribution in [3.63, 3.8) is 0 Å². The van der Waals surface area contributed by atoms with Crippen molar-refractivity contribution in [2.45, 2.75) is 27.2 Å². The molecule has 0 radical (unpaired) electrons. The smallest absolute Gasteiger partial charge is 0.338 e. The molecule has 0 fully saturated rings. The van der Waals surface area contributed by atoms with Gasteiger partial charge in [0.25, 0.3) is 0 Å². The summed E-state index contributed by atoms with van der Waals surface area (Å²) in [5.74, 6) is -1.05. The van der Waals surface area contributed by atoms with Crippen LogP contribution in [0.25, 0.3) is 11.0 Å². The van der Waals surface area contributed by atoms with E-state index in [-0.39, 0.29) is 18.3 Å². The van der Waals surface area contributed by atoms with Gasteiger partial charge in [-0.25, -0.2) is 14.8 Å². The minimum absolute atomic E-state index is 0.108. The highest BCUT2D eigenvalue weighted by Gasteiger charge is 2.13. The van der Waals surface area contributed by atoms with Crippen molar-refractivity contribution < 1.29 is 19.1 Å². The molecule has 1 amide bonds. The first-order valence-corrected chi connectivity index (χ1v) is 9.22. The second-order valence-electron chi connectivity index (χ2n) is 6.58. The van der Waals surface area contributed by atoms with Gasteiger partial charge in [0.05, 0.1) is 28.0 Å². The highest BCUT2D eigenvalue weighted by atomic mass is 16.5. The summed E-state index contributed by atoms with van der Waals surface area (Å²) in [4.78, 5) is 44.8. The lowest BCUT2D eigenvalue weighted by Gasteiger charge is -2.07. The molecule has 1 aromatic heterocycles. The normalized spacial score (nSPS) is 10.6. The number of anilines is 1. The average molecular weight is 391 g/mol. The van der Waals surface area contributed by atoms with Crippen LogP contribution in [0, 0.1) is 13.8 Å². The Morgan fingerprint density at radius 1 is 0.897 bits per heavy atom. The number of hydrogen-bond acceptors (Lipinski definition) is 6. The van der Waals surface area contributed by atoms with Crippen molar-refractivity contribution in [3.05, 3.63) is 65.0 Å². The van der Waals surface area contributed by atoms with Gasteiger partial charge in [0.1, 0.15) is 0 Å². The number of fused-ring (bicyclic) bond motifs is 1. The maximum atomic E-state index is 12.3. The van der Waals surface area contributed by atoms with Crippen LogP contribution in [0.15, 0.2) is 42.5 Å². The third-order valence-corrected chi connectivity index (χ3v) is 4.46. The zero-order chi connectivity index (χ0) is 21.0. The van der Waals surface area contributed by atoms with Crippen LogP contribution < -0.4 is 5.32 Å². The third kappa shape index (κ3) is 4.82. The van der Waals surface area contributed by atoms with Crippen molar-refractivity contribution in [3.8, 4) is 0 Å². The number of carbonyl (C=O) groups is 3. The molecule has 2 aromatic carbocycles. The number of aromatic nitrogens is 2. The van der Waals surface area contributed by atoms with E-state index in [0.29, 0.717) is 34.3 Å². The molecule has 7 heteroatoms. The van der Waals surface area contributed by atoms with E-state index in [4.69, 9.17) is 4.74 Å². The highest BCUT2D eigenvalue weighted by molar-refractivity contribution is 6.00. The van der Waals surface area contributed by atoms with Gasteiger partial charge in [0, 0.05) is 17.7 Å². The van der Waals surface area contributed by atoms with Crippen LogP contribution in [0.2, 0.25) is 0 Å². The topological polar surface area (TPSA) is 98.2 Å². The van der Waals surface area contributed by atoms with E-state index >= 15 is 0 Å². The van der Waals surface area contributed by atoms with Gasteiger partial charge in [-0.15, -0.1) is 0 Å². The minimum atomic E-state index is -0.605. The van der Waals surface area contributed by atoms with Gasteiger partial charge in [-0.2, -0.15) is 0 Å². The molecule has 0 aliphatic rings. The van der Waals surface area contributed by atoms with Crippen LogP contribution in [0.3, 0.4) is 0 Å². The van der Waals surface area contributed by atoms with Crippen LogP contribution in [0.1, 0.15) is 45.4 Å². The fourth-order valence-corrected chi connectivity index (χ4v) is 2.64. The number of Topliss-reactive ketones (excluding diaryl/α,β-unsaturated/α-hetero) is 1. The number of hydrogen-bond donors (Lipinski definition) is 1. The molecule has 0 atom stereocenters. The Hall–Kier alpha value is -3.61. The standard InChI is InChI=1S/C22H21N3O4/c1-4-21(27)25-17-8-5-15(6-9-17)20(26)12-29-22(28)16-7-10-18-19(11-16)24-14(3)13(2)23-18/h5-11H,4,12H2,1-3H3,(H,25,27). The van der Waals surface area contributed by atoms with Crippen LogP contribution in [0.4, 0.5) is 5.69 Å². The van der Waals surface area contributed by atoms with Crippen LogP contribution >= 0.6 is 0 Å². The van der Waals surface area contributed by atoms with Crippen molar-refractivity contribution in [2.24, 2.45) is 0 Å². The van der Waals surface area contributed by atoms with E-state index in [9.17, 15) is 14.4 Å². The first-order chi connectivity index (χ1) is 13.9. The lowest BCUT2D eigenvalue weighted by atomic mass is 10.1. The van der Waals surface area contributed by atoms with E-state index in [1.54, 1.807) is 49.4 Å². The Morgan fingerprint density at radius 2 is 1.52 bits per heavy atom.